The van der Waals surface area contributed by atoms with Crippen molar-refractivity contribution in [3.8, 4) is 12.3 Å². The topological polar surface area (TPSA) is 60.7 Å². The van der Waals surface area contributed by atoms with Crippen molar-refractivity contribution in [1.29, 1.82) is 0 Å². The van der Waals surface area contributed by atoms with E-state index in [1.807, 2.05) is 5.92 Å². The number of aliphatic hydroxyl groups excluding tert-OH is 1. The minimum Gasteiger partial charge on any atom is -0.404 e. The van der Waals surface area contributed by atoms with E-state index in [2.05, 4.69) is 0 Å². The predicted octanol–water partition coefficient (Wildman–Crippen LogP) is -3.74. The number of rotatable bonds is 2. The zero-order valence-corrected chi connectivity index (χ0v) is 6.13. The highest BCUT2D eigenvalue weighted by Crippen LogP contribution is 2.13. The van der Waals surface area contributed by atoms with Gasteiger partial charge in [-0.25, -0.2) is 0 Å². The molecular weight excluding hydrogens is 130 g/mol. The summed E-state index contributed by atoms with van der Waals surface area (Å²) in [6.45, 7) is -0.646. The number of terminal acetylenes is 1. The van der Waals surface area contributed by atoms with Gasteiger partial charge in [-0.05, 0) is 0 Å². The van der Waals surface area contributed by atoms with Crippen LogP contribution in [-0.2, 0) is 0 Å². The molecule has 3 N–H and O–H groups in total. The summed E-state index contributed by atoms with van der Waals surface area (Å²) in [6.07, 6.45) is 4.88. The lowest BCUT2D eigenvalue weighted by atomic mass is 9.56. The molecule has 0 aliphatic heterocycles. The van der Waals surface area contributed by atoms with Crippen LogP contribution >= 0.6 is 0 Å². The molecule has 5 heteroatoms. The highest BCUT2D eigenvalue weighted by atomic mass is 16.4. The maximum Gasteiger partial charge on any atom is 0.160 e. The van der Waals surface area contributed by atoms with Gasteiger partial charge >= 0.3 is 0 Å². The van der Waals surface area contributed by atoms with Crippen molar-refractivity contribution in [2.45, 2.75) is 11.0 Å². The summed E-state index contributed by atoms with van der Waals surface area (Å²) < 4.78 is 0. The molecule has 0 aliphatic rings. The van der Waals surface area contributed by atoms with Crippen LogP contribution in [0.1, 0.15) is 0 Å². The van der Waals surface area contributed by atoms with Gasteiger partial charge in [0.15, 0.2) is 5.60 Å². The van der Waals surface area contributed by atoms with E-state index in [1.54, 1.807) is 0 Å². The summed E-state index contributed by atoms with van der Waals surface area (Å²) >= 11 is 0. The molecule has 0 saturated heterocycles. The van der Waals surface area contributed by atoms with Gasteiger partial charge in [0.1, 0.15) is 15.7 Å². The van der Waals surface area contributed by atoms with Crippen LogP contribution < -0.4 is 0 Å². The first-order chi connectivity index (χ1) is 4.37. The molecule has 3 nitrogen and oxygen atoms in total. The Kier molecular flexibility index (Phi) is 2.55. The lowest BCUT2D eigenvalue weighted by molar-refractivity contribution is -0.0492. The van der Waals surface area contributed by atoms with Crippen LogP contribution in [0.25, 0.3) is 0 Å². The Morgan fingerprint density at radius 2 is 1.80 bits per heavy atom. The van der Waals surface area contributed by atoms with Crippen molar-refractivity contribution in [2.75, 3.05) is 6.61 Å². The van der Waals surface area contributed by atoms with Crippen LogP contribution in [-0.4, -0.2) is 48.6 Å². The van der Waals surface area contributed by atoms with E-state index in [0.717, 1.165) is 0 Å². The van der Waals surface area contributed by atoms with E-state index in [9.17, 15) is 10.2 Å². The Labute approximate surface area is 61.9 Å². The molecule has 10 heavy (non-hydrogen) atoms. The minimum atomic E-state index is -1.84. The second-order valence-corrected chi connectivity index (χ2v) is 2.72. The maximum absolute atomic E-state index is 9.23. The standard InChI is InChI=1S/C5H10B2O3/c1-2-4(9,3-8)5(6,7)10/h1,8-10H,3,6-7H2/t4-/m0/s1. The molecule has 0 saturated carbocycles. The monoisotopic (exact) mass is 140 g/mol. The van der Waals surface area contributed by atoms with Crippen molar-refractivity contribution in [3.05, 3.63) is 0 Å². The summed E-state index contributed by atoms with van der Waals surface area (Å²) in [6, 6.07) is 0. The first kappa shape index (κ1) is 9.57. The smallest absolute Gasteiger partial charge is 0.160 e. The summed E-state index contributed by atoms with van der Waals surface area (Å²) in [4.78, 5) is 0. The largest absolute Gasteiger partial charge is 0.404 e. The minimum absolute atomic E-state index is 0.646. The summed E-state index contributed by atoms with van der Waals surface area (Å²) in [5.41, 5.74) is -1.84. The second kappa shape index (κ2) is 2.67. The van der Waals surface area contributed by atoms with Crippen LogP contribution in [0, 0.1) is 12.3 Å². The third-order valence-corrected chi connectivity index (χ3v) is 1.48. The summed E-state index contributed by atoms with van der Waals surface area (Å²) in [5, 5.41) is 25.5. The van der Waals surface area contributed by atoms with E-state index >= 15 is 0 Å². The molecule has 0 aromatic carbocycles. The third-order valence-electron chi connectivity index (χ3n) is 1.48. The maximum atomic E-state index is 9.23. The molecule has 0 heterocycles. The van der Waals surface area contributed by atoms with Gasteiger partial charge in [-0.15, -0.1) is 6.42 Å². The molecule has 0 rings (SSSR count). The predicted molar refractivity (Wildman–Crippen MR) is 42.9 cm³/mol. The van der Waals surface area contributed by atoms with Crippen LogP contribution in [0.4, 0.5) is 0 Å². The Morgan fingerprint density at radius 3 is 1.80 bits per heavy atom. The van der Waals surface area contributed by atoms with Crippen LogP contribution in [0.3, 0.4) is 0 Å². The molecule has 0 aromatic rings. The van der Waals surface area contributed by atoms with Gasteiger partial charge in [-0.2, -0.15) is 0 Å². The molecule has 0 bridgehead atoms. The van der Waals surface area contributed by atoms with Crippen LogP contribution in [0.2, 0.25) is 0 Å². The molecule has 0 amide bonds. The van der Waals surface area contributed by atoms with Crippen molar-refractivity contribution < 1.29 is 15.3 Å². The van der Waals surface area contributed by atoms with E-state index in [-0.39, 0.29) is 0 Å². The summed E-state index contributed by atoms with van der Waals surface area (Å²) in [5.74, 6) is 1.92. The fraction of sp³-hybridized carbons (Fsp3) is 0.600. The normalized spacial score (nSPS) is 17.4. The number of hydrogen-bond acceptors (Lipinski definition) is 3. The van der Waals surface area contributed by atoms with E-state index in [1.165, 1.54) is 15.7 Å². The molecule has 54 valence electrons. The Hall–Kier alpha value is -0.430. The lowest BCUT2D eigenvalue weighted by Gasteiger charge is -2.32. The highest BCUT2D eigenvalue weighted by molar-refractivity contribution is 6.40. The average Bonchev–Trinajstić information content (AvgIpc) is 1.84. The third kappa shape index (κ3) is 1.54. The lowest BCUT2D eigenvalue weighted by Crippen LogP contribution is -2.57. The van der Waals surface area contributed by atoms with E-state index in [0.29, 0.717) is 0 Å². The quantitative estimate of drug-likeness (QED) is 0.272. The molecule has 0 radical (unpaired) electrons. The first-order valence-electron chi connectivity index (χ1n) is 2.91. The Morgan fingerprint density at radius 1 is 1.40 bits per heavy atom. The second-order valence-electron chi connectivity index (χ2n) is 2.72. The van der Waals surface area contributed by atoms with Crippen molar-refractivity contribution >= 4 is 15.7 Å². The SMILES string of the molecule is BC(B)(O)[C@](O)(C#C)CO. The average molecular weight is 140 g/mol. The van der Waals surface area contributed by atoms with Crippen LogP contribution in [0.5, 0.6) is 0 Å². The highest BCUT2D eigenvalue weighted by Gasteiger charge is 2.39. The van der Waals surface area contributed by atoms with E-state index in [4.69, 9.17) is 11.5 Å². The fourth-order valence-corrected chi connectivity index (χ4v) is 0.416. The summed E-state index contributed by atoms with van der Waals surface area (Å²) in [7, 11) is 2.67. The molecular formula is C5H10B2O3. The van der Waals surface area contributed by atoms with Crippen molar-refractivity contribution in [2.24, 2.45) is 0 Å². The first-order valence-corrected chi connectivity index (χ1v) is 2.91. The van der Waals surface area contributed by atoms with Gasteiger partial charge in [-0.3, -0.25) is 0 Å². The zero-order valence-electron chi connectivity index (χ0n) is 6.13. The van der Waals surface area contributed by atoms with Crippen molar-refractivity contribution in [3.63, 3.8) is 0 Å². The fourth-order valence-electron chi connectivity index (χ4n) is 0.416. The van der Waals surface area contributed by atoms with Gasteiger partial charge < -0.3 is 15.3 Å². The van der Waals surface area contributed by atoms with Gasteiger partial charge in [-0.1, -0.05) is 5.92 Å². The molecule has 0 unspecified atom stereocenters. The Bertz CT molecular complexity index is 157. The molecule has 0 fully saturated rings. The molecule has 1 atom stereocenters. The van der Waals surface area contributed by atoms with Gasteiger partial charge in [0.25, 0.3) is 0 Å². The number of aliphatic hydroxyl groups is 3. The van der Waals surface area contributed by atoms with Gasteiger partial charge in [0.05, 0.1) is 6.61 Å². The number of hydrogen-bond donors (Lipinski definition) is 3. The molecule has 0 aromatic heterocycles. The van der Waals surface area contributed by atoms with Gasteiger partial charge in [0, 0.05) is 5.40 Å². The van der Waals surface area contributed by atoms with E-state index < -0.39 is 17.6 Å². The van der Waals surface area contributed by atoms with Gasteiger partial charge in [0.2, 0.25) is 0 Å². The Balaban J connectivity index is 4.54. The van der Waals surface area contributed by atoms with Crippen LogP contribution in [0.15, 0.2) is 0 Å². The molecule has 0 aliphatic carbocycles. The zero-order chi connectivity index (χ0) is 8.41. The van der Waals surface area contributed by atoms with Crippen molar-refractivity contribution in [1.82, 2.24) is 0 Å². The molecule has 0 spiro atoms.